The lowest BCUT2D eigenvalue weighted by Crippen LogP contribution is -2.43. The molecule has 1 aliphatic carbocycles. The Labute approximate surface area is 129 Å². The number of likely N-dealkylation sites (N-methyl/N-ethyl adjacent to an activating group) is 1. The maximum atomic E-state index is 5.09. The third kappa shape index (κ3) is 4.58. The Bertz CT molecular complexity index is 341. The Morgan fingerprint density at radius 3 is 2.71 bits per heavy atom. The number of hydrogen-bond donors (Lipinski definition) is 1. The molecule has 0 atom stereocenters. The summed E-state index contributed by atoms with van der Waals surface area (Å²) in [5, 5.41) is 3.53. The molecule has 0 radical (unpaired) electrons. The molecule has 5 heteroatoms. The van der Waals surface area contributed by atoms with Crippen molar-refractivity contribution >= 4 is 5.96 Å². The summed E-state index contributed by atoms with van der Waals surface area (Å²) in [5.41, 5.74) is 0.637. The monoisotopic (exact) mass is 296 g/mol. The van der Waals surface area contributed by atoms with E-state index in [4.69, 9.17) is 4.74 Å². The number of guanidine groups is 1. The normalized spacial score (nSPS) is 21.1. The van der Waals surface area contributed by atoms with Crippen LogP contribution in [-0.4, -0.2) is 76.3 Å². The maximum absolute atomic E-state index is 5.09. The van der Waals surface area contributed by atoms with Crippen molar-refractivity contribution in [3.63, 3.8) is 0 Å². The van der Waals surface area contributed by atoms with E-state index in [0.29, 0.717) is 5.41 Å². The first-order valence-corrected chi connectivity index (χ1v) is 8.32. The smallest absolute Gasteiger partial charge is 0.193 e. The summed E-state index contributed by atoms with van der Waals surface area (Å²) in [5.74, 6) is 1.10. The predicted octanol–water partition coefficient (Wildman–Crippen LogP) is 1.41. The van der Waals surface area contributed by atoms with E-state index in [2.05, 4.69) is 27.2 Å². The van der Waals surface area contributed by atoms with Crippen LogP contribution in [0.5, 0.6) is 0 Å². The first kappa shape index (κ1) is 16.6. The van der Waals surface area contributed by atoms with E-state index in [-0.39, 0.29) is 0 Å². The second kappa shape index (κ2) is 7.99. The Hall–Kier alpha value is -0.810. The van der Waals surface area contributed by atoms with E-state index in [9.17, 15) is 0 Å². The van der Waals surface area contributed by atoms with Gasteiger partial charge in [0.05, 0.1) is 6.61 Å². The molecule has 21 heavy (non-hydrogen) atoms. The fraction of sp³-hybridized carbons (Fsp3) is 0.938. The molecule has 1 saturated carbocycles. The molecule has 1 spiro atoms. The van der Waals surface area contributed by atoms with Gasteiger partial charge in [-0.05, 0) is 44.7 Å². The molecule has 1 heterocycles. The largest absolute Gasteiger partial charge is 0.383 e. The minimum Gasteiger partial charge on any atom is -0.383 e. The highest BCUT2D eigenvalue weighted by Crippen LogP contribution is 2.47. The molecule has 2 fully saturated rings. The van der Waals surface area contributed by atoms with E-state index in [1.807, 2.05) is 7.05 Å². The highest BCUT2D eigenvalue weighted by atomic mass is 16.5. The van der Waals surface area contributed by atoms with Crippen molar-refractivity contribution in [2.24, 2.45) is 10.4 Å². The molecule has 0 aromatic carbocycles. The Morgan fingerprint density at radius 2 is 2.14 bits per heavy atom. The molecular formula is C16H32N4O. The van der Waals surface area contributed by atoms with Crippen molar-refractivity contribution in [1.82, 2.24) is 15.1 Å². The van der Waals surface area contributed by atoms with Crippen molar-refractivity contribution in [3.8, 4) is 0 Å². The molecule has 0 aromatic rings. The van der Waals surface area contributed by atoms with E-state index < -0.39 is 0 Å². The van der Waals surface area contributed by atoms with E-state index in [1.165, 1.54) is 38.8 Å². The van der Waals surface area contributed by atoms with Crippen LogP contribution in [0.3, 0.4) is 0 Å². The zero-order valence-electron chi connectivity index (χ0n) is 14.0. The van der Waals surface area contributed by atoms with Crippen molar-refractivity contribution in [2.75, 3.05) is 60.5 Å². The highest BCUT2D eigenvalue weighted by Gasteiger charge is 2.43. The second-order valence-electron chi connectivity index (χ2n) is 6.65. The van der Waals surface area contributed by atoms with Crippen LogP contribution in [0.2, 0.25) is 0 Å². The van der Waals surface area contributed by atoms with Gasteiger partial charge in [-0.1, -0.05) is 6.42 Å². The van der Waals surface area contributed by atoms with E-state index in [0.717, 1.165) is 38.6 Å². The van der Waals surface area contributed by atoms with Crippen LogP contribution < -0.4 is 5.32 Å². The van der Waals surface area contributed by atoms with Gasteiger partial charge in [0.25, 0.3) is 0 Å². The van der Waals surface area contributed by atoms with Gasteiger partial charge in [0.2, 0.25) is 0 Å². The number of aliphatic imine (C=N–C) groups is 1. The lowest BCUT2D eigenvalue weighted by molar-refractivity contribution is 0.151. The van der Waals surface area contributed by atoms with Crippen molar-refractivity contribution in [1.29, 1.82) is 0 Å². The molecule has 0 bridgehead atoms. The SMILES string of the molecule is CN=C(NCCCN(C)CCOC)N1CCC2(CCC2)C1. The van der Waals surface area contributed by atoms with Crippen LogP contribution in [0.25, 0.3) is 0 Å². The van der Waals surface area contributed by atoms with Crippen molar-refractivity contribution < 1.29 is 4.74 Å². The quantitative estimate of drug-likeness (QED) is 0.438. The molecule has 2 rings (SSSR count). The molecular weight excluding hydrogens is 264 g/mol. The second-order valence-corrected chi connectivity index (χ2v) is 6.65. The summed E-state index contributed by atoms with van der Waals surface area (Å²) in [6, 6.07) is 0. The zero-order valence-corrected chi connectivity index (χ0v) is 14.0. The van der Waals surface area contributed by atoms with Crippen LogP contribution >= 0.6 is 0 Å². The summed E-state index contributed by atoms with van der Waals surface area (Å²) in [6.07, 6.45) is 6.76. The third-order valence-corrected chi connectivity index (χ3v) is 5.04. The number of nitrogens with zero attached hydrogens (tertiary/aromatic N) is 3. The number of hydrogen-bond acceptors (Lipinski definition) is 3. The van der Waals surface area contributed by atoms with Crippen LogP contribution in [0.15, 0.2) is 4.99 Å². The number of ether oxygens (including phenoxy) is 1. The average Bonchev–Trinajstić information content (AvgIpc) is 2.90. The molecule has 1 N–H and O–H groups in total. The first-order valence-electron chi connectivity index (χ1n) is 8.32. The Morgan fingerprint density at radius 1 is 1.33 bits per heavy atom. The molecule has 1 aliphatic heterocycles. The molecule has 5 nitrogen and oxygen atoms in total. The summed E-state index contributed by atoms with van der Waals surface area (Å²) < 4.78 is 5.09. The highest BCUT2D eigenvalue weighted by molar-refractivity contribution is 5.80. The standard InChI is InChI=1S/C16H32N4O/c1-17-15(18-9-5-10-19(2)12-13-21-3)20-11-8-16(14-20)6-4-7-16/h4-14H2,1-3H3,(H,17,18). The fourth-order valence-corrected chi connectivity index (χ4v) is 3.44. The number of methoxy groups -OCH3 is 1. The summed E-state index contributed by atoms with van der Waals surface area (Å²) >= 11 is 0. The van der Waals surface area contributed by atoms with Crippen molar-refractivity contribution in [2.45, 2.75) is 32.1 Å². The first-order chi connectivity index (χ1) is 10.2. The van der Waals surface area contributed by atoms with Gasteiger partial charge in [-0.3, -0.25) is 4.99 Å². The number of likely N-dealkylation sites (tertiary alicyclic amines) is 1. The fourth-order valence-electron chi connectivity index (χ4n) is 3.44. The van der Waals surface area contributed by atoms with Crippen LogP contribution in [-0.2, 0) is 4.74 Å². The summed E-state index contributed by atoms with van der Waals surface area (Å²) in [6.45, 7) is 6.28. The number of rotatable bonds is 7. The topological polar surface area (TPSA) is 40.1 Å². The molecule has 0 amide bonds. The van der Waals surface area contributed by atoms with Gasteiger partial charge >= 0.3 is 0 Å². The Kier molecular flexibility index (Phi) is 6.30. The van der Waals surface area contributed by atoms with Gasteiger partial charge in [0.15, 0.2) is 5.96 Å². The predicted molar refractivity (Wildman–Crippen MR) is 87.8 cm³/mol. The molecule has 0 aromatic heterocycles. The Balaban J connectivity index is 1.62. The maximum Gasteiger partial charge on any atom is 0.193 e. The lowest BCUT2D eigenvalue weighted by atomic mass is 9.68. The third-order valence-electron chi connectivity index (χ3n) is 5.04. The van der Waals surface area contributed by atoms with Gasteiger partial charge in [-0.2, -0.15) is 0 Å². The van der Waals surface area contributed by atoms with Crippen LogP contribution in [0.4, 0.5) is 0 Å². The van der Waals surface area contributed by atoms with Gasteiger partial charge in [0.1, 0.15) is 0 Å². The average molecular weight is 296 g/mol. The van der Waals surface area contributed by atoms with Crippen molar-refractivity contribution in [3.05, 3.63) is 0 Å². The minimum atomic E-state index is 0.637. The number of nitrogens with one attached hydrogen (secondary N) is 1. The zero-order chi connectivity index (χ0) is 15.1. The van der Waals surface area contributed by atoms with Crippen LogP contribution in [0.1, 0.15) is 32.1 Å². The molecule has 0 unspecified atom stereocenters. The van der Waals surface area contributed by atoms with E-state index >= 15 is 0 Å². The van der Waals surface area contributed by atoms with Gasteiger partial charge in [-0.25, -0.2) is 0 Å². The van der Waals surface area contributed by atoms with Gasteiger partial charge in [0, 0.05) is 40.3 Å². The van der Waals surface area contributed by atoms with E-state index in [1.54, 1.807) is 7.11 Å². The molecule has 122 valence electrons. The summed E-state index contributed by atoms with van der Waals surface area (Å²) in [4.78, 5) is 9.22. The van der Waals surface area contributed by atoms with Crippen LogP contribution in [0, 0.1) is 5.41 Å². The van der Waals surface area contributed by atoms with Gasteiger partial charge < -0.3 is 19.9 Å². The van der Waals surface area contributed by atoms with Gasteiger partial charge in [-0.15, -0.1) is 0 Å². The molecule has 1 saturated heterocycles. The lowest BCUT2D eigenvalue weighted by Gasteiger charge is -2.38. The minimum absolute atomic E-state index is 0.637. The summed E-state index contributed by atoms with van der Waals surface area (Å²) in [7, 11) is 5.80. The molecule has 2 aliphatic rings.